The maximum Gasteiger partial charge on any atom is 0.272 e. The van der Waals surface area contributed by atoms with Crippen LogP contribution in [0.3, 0.4) is 0 Å². The van der Waals surface area contributed by atoms with Crippen molar-refractivity contribution in [3.63, 3.8) is 0 Å². The molecule has 1 unspecified atom stereocenters. The molecule has 1 aromatic carbocycles. The van der Waals surface area contributed by atoms with Crippen molar-refractivity contribution in [3.8, 4) is 6.07 Å². The number of rotatable bonds is 6. The molecule has 2 rings (SSSR count). The highest BCUT2D eigenvalue weighted by atomic mass is 32.2. The van der Waals surface area contributed by atoms with Gasteiger partial charge in [-0.3, -0.25) is 9.36 Å². The first-order valence-electron chi connectivity index (χ1n) is 7.21. The maximum absolute atomic E-state index is 12.5. The van der Waals surface area contributed by atoms with Crippen molar-refractivity contribution < 1.29 is 10.2 Å². The molecule has 2 aromatic rings. The van der Waals surface area contributed by atoms with Gasteiger partial charge in [-0.2, -0.15) is 5.26 Å². The number of hydrogen-bond donors (Lipinski definition) is 2. The lowest BCUT2D eigenvalue weighted by Crippen LogP contribution is -2.32. The zero-order valence-corrected chi connectivity index (χ0v) is 13.9. The van der Waals surface area contributed by atoms with Crippen molar-refractivity contribution in [3.05, 3.63) is 57.5 Å². The molecule has 1 aromatic heterocycles. The topological polar surface area (TPSA) is 99.1 Å². The second kappa shape index (κ2) is 8.45. The molecule has 0 bridgehead atoms. The first-order chi connectivity index (χ1) is 11.6. The van der Waals surface area contributed by atoms with Gasteiger partial charge in [-0.05, 0) is 17.9 Å². The lowest BCUT2D eigenvalue weighted by molar-refractivity contribution is 0.0778. The maximum atomic E-state index is 12.5. The van der Waals surface area contributed by atoms with Crippen molar-refractivity contribution in [2.24, 2.45) is 0 Å². The van der Waals surface area contributed by atoms with E-state index in [9.17, 15) is 15.2 Å². The van der Waals surface area contributed by atoms with Crippen LogP contribution in [0.2, 0.25) is 0 Å². The molecule has 0 aliphatic carbocycles. The van der Waals surface area contributed by atoms with Crippen molar-refractivity contribution in [2.45, 2.75) is 17.8 Å². The minimum absolute atomic E-state index is 0.0925. The summed E-state index contributed by atoms with van der Waals surface area (Å²) >= 11 is 1.23. The fraction of sp³-hybridized carbons (Fsp3) is 0.235. The van der Waals surface area contributed by atoms with Gasteiger partial charge in [0.25, 0.3) is 5.56 Å². The number of nitrogens with zero attached hydrogens (tertiary/aromatic N) is 3. The van der Waals surface area contributed by atoms with Gasteiger partial charge in [0.05, 0.1) is 24.9 Å². The van der Waals surface area contributed by atoms with E-state index in [1.54, 1.807) is 18.4 Å². The fourth-order valence-electron chi connectivity index (χ4n) is 2.10. The highest BCUT2D eigenvalue weighted by Gasteiger charge is 2.16. The van der Waals surface area contributed by atoms with E-state index in [-0.39, 0.29) is 17.8 Å². The molecule has 1 heterocycles. The Labute approximate surface area is 143 Å². The van der Waals surface area contributed by atoms with Crippen LogP contribution in [0.25, 0.3) is 12.2 Å². The Morgan fingerprint density at radius 3 is 2.67 bits per heavy atom. The van der Waals surface area contributed by atoms with Gasteiger partial charge in [-0.1, -0.05) is 48.2 Å². The van der Waals surface area contributed by atoms with Crippen molar-refractivity contribution in [1.29, 1.82) is 5.26 Å². The summed E-state index contributed by atoms with van der Waals surface area (Å²) in [5.41, 5.74) is 0.585. The first-order valence-corrected chi connectivity index (χ1v) is 8.44. The van der Waals surface area contributed by atoms with Gasteiger partial charge in [0.1, 0.15) is 11.6 Å². The van der Waals surface area contributed by atoms with Gasteiger partial charge in [0.2, 0.25) is 0 Å². The standard InChI is InChI=1S/C17H17N3O3S/c1-24-17-19-15(8-7-12-5-3-2-4-6-12)14(9-18)16(23)20(17)10-13(22)11-21/h2-8,13,21-22H,10-11H2,1H3/b8-7+. The Balaban J connectivity index is 2.50. The molecule has 0 radical (unpaired) electrons. The summed E-state index contributed by atoms with van der Waals surface area (Å²) in [6.07, 6.45) is 4.06. The van der Waals surface area contributed by atoms with Gasteiger partial charge in [-0.25, -0.2) is 4.98 Å². The number of aliphatic hydroxyl groups excluding tert-OH is 2. The van der Waals surface area contributed by atoms with Crippen LogP contribution in [-0.2, 0) is 6.54 Å². The van der Waals surface area contributed by atoms with E-state index in [0.717, 1.165) is 5.56 Å². The summed E-state index contributed by atoms with van der Waals surface area (Å²) in [5.74, 6) is 0. The fourth-order valence-corrected chi connectivity index (χ4v) is 2.67. The molecule has 0 aliphatic rings. The van der Waals surface area contributed by atoms with E-state index in [2.05, 4.69) is 4.98 Å². The Hall–Kier alpha value is -2.40. The third kappa shape index (κ3) is 4.11. The van der Waals surface area contributed by atoms with E-state index >= 15 is 0 Å². The van der Waals surface area contributed by atoms with Crippen LogP contribution in [0.1, 0.15) is 16.8 Å². The largest absolute Gasteiger partial charge is 0.394 e. The number of aromatic nitrogens is 2. The average Bonchev–Trinajstić information content (AvgIpc) is 2.62. The van der Waals surface area contributed by atoms with Crippen molar-refractivity contribution >= 4 is 23.9 Å². The second-order valence-corrected chi connectivity index (χ2v) is 5.74. The predicted octanol–water partition coefficient (Wildman–Crippen LogP) is 1.36. The molecule has 6 nitrogen and oxygen atoms in total. The molecule has 0 spiro atoms. The minimum atomic E-state index is -1.09. The zero-order valence-electron chi connectivity index (χ0n) is 13.1. The van der Waals surface area contributed by atoms with Crippen LogP contribution in [0.4, 0.5) is 0 Å². The molecule has 7 heteroatoms. The smallest absolute Gasteiger partial charge is 0.272 e. The molecule has 124 valence electrons. The van der Waals surface area contributed by atoms with E-state index in [1.165, 1.54) is 16.3 Å². The number of benzene rings is 1. The zero-order chi connectivity index (χ0) is 17.5. The summed E-state index contributed by atoms with van der Waals surface area (Å²) in [6.45, 7) is -0.590. The van der Waals surface area contributed by atoms with E-state index < -0.39 is 18.3 Å². The summed E-state index contributed by atoms with van der Waals surface area (Å²) in [5, 5.41) is 28.3. The molecule has 24 heavy (non-hydrogen) atoms. The van der Waals surface area contributed by atoms with Crippen LogP contribution in [-0.4, -0.2) is 38.7 Å². The number of hydrogen-bond acceptors (Lipinski definition) is 6. The Bertz CT molecular complexity index is 825. The van der Waals surface area contributed by atoms with Gasteiger partial charge in [0.15, 0.2) is 5.16 Å². The number of nitriles is 1. The Morgan fingerprint density at radius 1 is 1.38 bits per heavy atom. The molecule has 2 N–H and O–H groups in total. The predicted molar refractivity (Wildman–Crippen MR) is 93.5 cm³/mol. The lowest BCUT2D eigenvalue weighted by atomic mass is 10.1. The van der Waals surface area contributed by atoms with Crippen LogP contribution < -0.4 is 5.56 Å². The molecule has 1 atom stereocenters. The number of aliphatic hydroxyl groups is 2. The van der Waals surface area contributed by atoms with Gasteiger partial charge in [-0.15, -0.1) is 0 Å². The molecule has 0 saturated heterocycles. The first kappa shape index (κ1) is 17.9. The highest BCUT2D eigenvalue weighted by Crippen LogP contribution is 2.15. The minimum Gasteiger partial charge on any atom is -0.394 e. The Kier molecular flexibility index (Phi) is 6.32. The third-order valence-corrected chi connectivity index (χ3v) is 3.97. The monoisotopic (exact) mass is 343 g/mol. The van der Waals surface area contributed by atoms with Gasteiger partial charge >= 0.3 is 0 Å². The molecular formula is C17H17N3O3S. The molecule has 0 saturated carbocycles. The van der Waals surface area contributed by atoms with E-state index in [1.807, 2.05) is 36.4 Å². The number of thioether (sulfide) groups is 1. The second-order valence-electron chi connectivity index (χ2n) is 4.97. The van der Waals surface area contributed by atoms with E-state index in [0.29, 0.717) is 5.16 Å². The van der Waals surface area contributed by atoms with Gasteiger partial charge in [0, 0.05) is 0 Å². The van der Waals surface area contributed by atoms with Crippen molar-refractivity contribution in [2.75, 3.05) is 12.9 Å². The Morgan fingerprint density at radius 2 is 2.08 bits per heavy atom. The molecule has 0 fully saturated rings. The molecule has 0 amide bonds. The van der Waals surface area contributed by atoms with Crippen LogP contribution in [0.15, 0.2) is 40.3 Å². The molecule has 0 aliphatic heterocycles. The van der Waals surface area contributed by atoms with Crippen LogP contribution in [0, 0.1) is 11.3 Å². The summed E-state index contributed by atoms with van der Waals surface area (Å²) in [6, 6.07) is 11.4. The van der Waals surface area contributed by atoms with E-state index in [4.69, 9.17) is 5.11 Å². The third-order valence-electron chi connectivity index (χ3n) is 3.29. The molecular weight excluding hydrogens is 326 g/mol. The SMILES string of the molecule is CSc1nc(/C=C/c2ccccc2)c(C#N)c(=O)n1CC(O)CO. The summed E-state index contributed by atoms with van der Waals surface area (Å²) in [7, 11) is 0. The highest BCUT2D eigenvalue weighted by molar-refractivity contribution is 7.98. The summed E-state index contributed by atoms with van der Waals surface area (Å²) in [4.78, 5) is 16.9. The summed E-state index contributed by atoms with van der Waals surface area (Å²) < 4.78 is 1.21. The van der Waals surface area contributed by atoms with Crippen LogP contribution in [0.5, 0.6) is 0 Å². The van der Waals surface area contributed by atoms with Crippen LogP contribution >= 0.6 is 11.8 Å². The normalized spacial score (nSPS) is 12.2. The van der Waals surface area contributed by atoms with Gasteiger partial charge < -0.3 is 10.2 Å². The van der Waals surface area contributed by atoms with Crippen molar-refractivity contribution in [1.82, 2.24) is 9.55 Å². The lowest BCUT2D eigenvalue weighted by Gasteiger charge is -2.14. The average molecular weight is 343 g/mol. The quantitative estimate of drug-likeness (QED) is 0.607.